The number of hydrogen-bond donors (Lipinski definition) is 0. The predicted octanol–water partition coefficient (Wildman–Crippen LogP) is 2.17. The Labute approximate surface area is 175 Å². The minimum Gasteiger partial charge on any atom is -0.310 e. The summed E-state index contributed by atoms with van der Waals surface area (Å²) in [6, 6.07) is 7.67. The molecule has 0 bridgehead atoms. The molecule has 154 valence electrons. The number of benzene rings is 1. The molecule has 1 fully saturated rings. The molecule has 8 nitrogen and oxygen atoms in total. The van der Waals surface area contributed by atoms with Gasteiger partial charge in [-0.05, 0) is 24.1 Å². The number of nitrogens with zero attached hydrogens (tertiary/aromatic N) is 6. The highest BCUT2D eigenvalue weighted by molar-refractivity contribution is 6.30. The van der Waals surface area contributed by atoms with Gasteiger partial charge in [0.15, 0.2) is 5.82 Å². The quantitative estimate of drug-likeness (QED) is 0.716. The fraction of sp³-hybridized carbons (Fsp3) is 0.450. The minimum absolute atomic E-state index is 0.233. The van der Waals surface area contributed by atoms with Crippen molar-refractivity contribution in [3.8, 4) is 0 Å². The second-order valence-electron chi connectivity index (χ2n) is 8.07. The van der Waals surface area contributed by atoms with Gasteiger partial charge in [0.25, 0.3) is 0 Å². The third-order valence-corrected chi connectivity index (χ3v) is 5.96. The van der Waals surface area contributed by atoms with Crippen LogP contribution in [0, 0.1) is 0 Å². The molecule has 9 heteroatoms. The number of carbonyl (C=O) groups is 2. The molecule has 0 saturated carbocycles. The van der Waals surface area contributed by atoms with E-state index in [-0.39, 0.29) is 16.4 Å². The number of fused-ring (bicyclic) bond motifs is 1. The number of carbonyl (C=O) groups excluding carboxylic acids is 2. The van der Waals surface area contributed by atoms with Crippen LogP contribution in [0.25, 0.3) is 0 Å². The van der Waals surface area contributed by atoms with E-state index in [9.17, 15) is 9.59 Å². The van der Waals surface area contributed by atoms with E-state index >= 15 is 0 Å². The second kappa shape index (κ2) is 7.44. The average Bonchev–Trinajstić information content (AvgIpc) is 3.01. The number of imide groups is 1. The van der Waals surface area contributed by atoms with E-state index in [1.165, 1.54) is 10.5 Å². The van der Waals surface area contributed by atoms with Crippen LogP contribution in [0.4, 0.5) is 10.6 Å². The lowest BCUT2D eigenvalue weighted by Gasteiger charge is -2.34. The molecular weight excluding hydrogens is 392 g/mol. The molecular formula is C20H26ClN6O2+. The van der Waals surface area contributed by atoms with Crippen LogP contribution >= 0.6 is 11.6 Å². The number of quaternary nitrogens is 1. The molecule has 3 amide bonds. The van der Waals surface area contributed by atoms with E-state index in [0.717, 1.165) is 44.2 Å². The molecule has 0 unspecified atom stereocenters. The number of urea groups is 1. The van der Waals surface area contributed by atoms with E-state index < -0.39 is 0 Å². The van der Waals surface area contributed by atoms with Crippen LogP contribution in [0.15, 0.2) is 30.6 Å². The molecule has 3 heterocycles. The van der Waals surface area contributed by atoms with E-state index in [1.807, 2.05) is 16.8 Å². The van der Waals surface area contributed by atoms with Gasteiger partial charge in [-0.15, -0.1) is 0 Å². The van der Waals surface area contributed by atoms with Crippen molar-refractivity contribution >= 4 is 29.4 Å². The monoisotopic (exact) mass is 417 g/mol. The van der Waals surface area contributed by atoms with Crippen LogP contribution in [0.3, 0.4) is 0 Å². The van der Waals surface area contributed by atoms with Crippen molar-refractivity contribution in [3.63, 3.8) is 0 Å². The van der Waals surface area contributed by atoms with Gasteiger partial charge in [0.1, 0.15) is 6.33 Å². The topological polar surface area (TPSA) is 61.7 Å². The van der Waals surface area contributed by atoms with Crippen molar-refractivity contribution < 1.29 is 14.1 Å². The van der Waals surface area contributed by atoms with Gasteiger partial charge in [0.05, 0.1) is 14.1 Å². The van der Waals surface area contributed by atoms with Crippen LogP contribution in [-0.2, 0) is 6.54 Å². The zero-order valence-electron chi connectivity index (χ0n) is 17.0. The summed E-state index contributed by atoms with van der Waals surface area (Å²) >= 11 is 5.98. The van der Waals surface area contributed by atoms with Crippen LogP contribution in [0.1, 0.15) is 22.5 Å². The van der Waals surface area contributed by atoms with Crippen molar-refractivity contribution in [2.75, 3.05) is 57.2 Å². The predicted molar refractivity (Wildman–Crippen MR) is 112 cm³/mol. The smallest absolute Gasteiger partial charge is 0.310 e. The number of rotatable bonds is 3. The van der Waals surface area contributed by atoms with Crippen molar-refractivity contribution in [1.82, 2.24) is 14.6 Å². The summed E-state index contributed by atoms with van der Waals surface area (Å²) in [5, 5.41) is 2.89. The molecule has 0 atom stereocenters. The van der Waals surface area contributed by atoms with Gasteiger partial charge in [-0.25, -0.2) is 24.1 Å². The summed E-state index contributed by atoms with van der Waals surface area (Å²) in [5.41, 5.74) is 1.71. The van der Waals surface area contributed by atoms with E-state index in [2.05, 4.69) is 27.0 Å². The van der Waals surface area contributed by atoms with Gasteiger partial charge >= 0.3 is 11.9 Å². The fourth-order valence-electron chi connectivity index (χ4n) is 3.98. The van der Waals surface area contributed by atoms with Crippen molar-refractivity contribution in [1.29, 1.82) is 0 Å². The van der Waals surface area contributed by atoms with Crippen LogP contribution < -0.4 is 9.91 Å². The van der Waals surface area contributed by atoms with Crippen molar-refractivity contribution in [2.45, 2.75) is 13.0 Å². The van der Waals surface area contributed by atoms with E-state index in [4.69, 9.17) is 11.6 Å². The minimum atomic E-state index is -0.342. The first-order valence-corrected chi connectivity index (χ1v) is 10.1. The van der Waals surface area contributed by atoms with Crippen LogP contribution in [0.2, 0.25) is 5.02 Å². The third kappa shape index (κ3) is 3.52. The lowest BCUT2D eigenvalue weighted by molar-refractivity contribution is -0.721. The molecule has 29 heavy (non-hydrogen) atoms. The summed E-state index contributed by atoms with van der Waals surface area (Å²) in [6.45, 7) is 4.31. The van der Waals surface area contributed by atoms with Crippen molar-refractivity contribution in [2.24, 2.45) is 0 Å². The van der Waals surface area contributed by atoms with Crippen molar-refractivity contribution in [3.05, 3.63) is 46.9 Å². The first-order valence-electron chi connectivity index (χ1n) is 9.75. The molecule has 4 rings (SSSR count). The Kier molecular flexibility index (Phi) is 5.10. The van der Waals surface area contributed by atoms with Gasteiger partial charge in [-0.2, -0.15) is 4.48 Å². The second-order valence-corrected chi connectivity index (χ2v) is 8.51. The lowest BCUT2D eigenvalue weighted by Crippen LogP contribution is -2.60. The molecule has 1 aromatic heterocycles. The van der Waals surface area contributed by atoms with Gasteiger partial charge in [0.2, 0.25) is 5.69 Å². The van der Waals surface area contributed by atoms with Gasteiger partial charge in [-0.1, -0.05) is 23.7 Å². The summed E-state index contributed by atoms with van der Waals surface area (Å²) in [6.07, 6.45) is 2.63. The summed E-state index contributed by atoms with van der Waals surface area (Å²) in [4.78, 5) is 33.8. The number of anilines is 1. The maximum absolute atomic E-state index is 13.1. The standard InChI is InChI=1S/C20H26ClN6O2/c1-23-18-17(19(28)27(2,3)20(23)29)26(14-22-18)25-10-4-9-24(11-12-25)13-15-5-7-16(21)8-6-15/h5-8,14H,4,9-13H2,1-3H3/q+1. The highest BCUT2D eigenvalue weighted by Crippen LogP contribution is 2.29. The Hall–Kier alpha value is -2.42. The van der Waals surface area contributed by atoms with E-state index in [0.29, 0.717) is 11.5 Å². The molecule has 0 spiro atoms. The number of halogens is 1. The Morgan fingerprint density at radius 3 is 2.52 bits per heavy atom. The maximum atomic E-state index is 13.1. The normalized spacial score (nSPS) is 20.0. The van der Waals surface area contributed by atoms with Crippen LogP contribution in [-0.4, -0.2) is 78.3 Å². The zero-order chi connectivity index (χ0) is 20.8. The molecule has 2 aromatic rings. The number of aromatic nitrogens is 2. The first kappa shape index (κ1) is 19.9. The zero-order valence-corrected chi connectivity index (χ0v) is 17.8. The number of hydrogen-bond acceptors (Lipinski definition) is 5. The summed E-state index contributed by atoms with van der Waals surface area (Å²) in [7, 11) is 4.91. The average molecular weight is 418 g/mol. The fourth-order valence-corrected chi connectivity index (χ4v) is 4.11. The Bertz CT molecular complexity index is 939. The molecule has 1 aromatic carbocycles. The summed E-state index contributed by atoms with van der Waals surface area (Å²) < 4.78 is 1.50. The lowest BCUT2D eigenvalue weighted by atomic mass is 10.2. The number of imidazole rings is 1. The van der Waals surface area contributed by atoms with E-state index in [1.54, 1.807) is 27.5 Å². The SMILES string of the molecule is CN1C(=O)[N+](C)(C)C(=O)c2c1ncn2N1CCCN(Cc2ccc(Cl)cc2)CC1. The van der Waals surface area contributed by atoms with Gasteiger partial charge < -0.3 is 5.01 Å². The first-order chi connectivity index (χ1) is 13.8. The molecule has 0 radical (unpaired) electrons. The molecule has 2 aliphatic rings. The summed E-state index contributed by atoms with van der Waals surface area (Å²) in [5.74, 6) is 0.197. The Morgan fingerprint density at radius 1 is 1.07 bits per heavy atom. The molecule has 2 aliphatic heterocycles. The highest BCUT2D eigenvalue weighted by atomic mass is 35.5. The van der Waals surface area contributed by atoms with Gasteiger partial charge in [-0.3, -0.25) is 4.90 Å². The Balaban J connectivity index is 1.52. The number of amides is 3. The largest absolute Gasteiger partial charge is 0.432 e. The Morgan fingerprint density at radius 2 is 1.79 bits per heavy atom. The molecule has 1 saturated heterocycles. The molecule has 0 aliphatic carbocycles. The highest BCUT2D eigenvalue weighted by Gasteiger charge is 2.49. The molecule has 0 N–H and O–H groups in total. The van der Waals surface area contributed by atoms with Gasteiger partial charge in [0, 0.05) is 44.8 Å². The van der Waals surface area contributed by atoms with Crippen LogP contribution in [0.5, 0.6) is 0 Å². The maximum Gasteiger partial charge on any atom is 0.432 e. The third-order valence-electron chi connectivity index (χ3n) is 5.71.